The van der Waals surface area contributed by atoms with Gasteiger partial charge in [-0.25, -0.2) is 14.2 Å². The molecule has 0 atom stereocenters. The van der Waals surface area contributed by atoms with Crippen LogP contribution in [-0.4, -0.2) is 43.7 Å². The minimum atomic E-state index is -4.93. The molecule has 0 fully saturated rings. The van der Waals surface area contributed by atoms with E-state index < -0.39 is 41.1 Å². The quantitative estimate of drug-likeness (QED) is 0.293. The number of rotatable bonds is 5. The first-order valence-corrected chi connectivity index (χ1v) is 9.98. The number of benzene rings is 2. The Bertz CT molecular complexity index is 1490. The van der Waals surface area contributed by atoms with Gasteiger partial charge in [-0.2, -0.15) is 18.3 Å². The van der Waals surface area contributed by atoms with Gasteiger partial charge in [0.15, 0.2) is 5.69 Å². The molecule has 0 saturated heterocycles. The number of nitrogens with zero attached hydrogens (tertiary/aromatic N) is 5. The van der Waals surface area contributed by atoms with Gasteiger partial charge >= 0.3 is 18.5 Å². The van der Waals surface area contributed by atoms with Crippen molar-refractivity contribution >= 4 is 16.9 Å². The zero-order chi connectivity index (χ0) is 26.3. The van der Waals surface area contributed by atoms with Crippen LogP contribution >= 0.6 is 0 Å². The fourth-order valence-corrected chi connectivity index (χ4v) is 3.28. The molecule has 0 radical (unpaired) electrons. The molecule has 15 heteroatoms. The van der Waals surface area contributed by atoms with Crippen LogP contribution in [0.2, 0.25) is 0 Å². The molecule has 0 N–H and O–H groups in total. The molecular weight excluding hydrogens is 500 g/mol. The third-order valence-electron chi connectivity index (χ3n) is 4.71. The Balaban J connectivity index is 1.96. The van der Waals surface area contributed by atoms with Gasteiger partial charge in [0.05, 0.1) is 35.1 Å². The molecule has 2 aromatic heterocycles. The normalized spacial score (nSPS) is 12.1. The smallest absolute Gasteiger partial charge is 0.461 e. The molecular formula is C21H13F6N5O4. The first kappa shape index (κ1) is 24.7. The van der Waals surface area contributed by atoms with E-state index in [1.165, 1.54) is 37.3 Å². The Kier molecular flexibility index (Phi) is 6.16. The second-order valence-corrected chi connectivity index (χ2v) is 7.07. The molecule has 0 unspecified atom stereocenters. The van der Waals surface area contributed by atoms with Crippen LogP contribution in [0.3, 0.4) is 0 Å². The van der Waals surface area contributed by atoms with Gasteiger partial charge in [0.1, 0.15) is 5.75 Å². The summed E-state index contributed by atoms with van der Waals surface area (Å²) in [5.74, 6) is -1.65. The molecule has 0 saturated carbocycles. The molecule has 0 aliphatic heterocycles. The van der Waals surface area contributed by atoms with Crippen LogP contribution in [0.25, 0.3) is 22.3 Å². The van der Waals surface area contributed by atoms with E-state index in [9.17, 15) is 35.9 Å². The lowest BCUT2D eigenvalue weighted by Gasteiger charge is -2.15. The second-order valence-electron chi connectivity index (χ2n) is 7.07. The van der Waals surface area contributed by atoms with Crippen LogP contribution in [0.15, 0.2) is 53.5 Å². The molecule has 0 amide bonds. The van der Waals surface area contributed by atoms with E-state index in [-0.39, 0.29) is 28.9 Å². The number of hydrogen-bond acceptors (Lipinski definition) is 7. The highest BCUT2D eigenvalue weighted by Crippen LogP contribution is 2.29. The van der Waals surface area contributed by atoms with Crippen molar-refractivity contribution < 1.29 is 40.6 Å². The number of halogens is 6. The van der Waals surface area contributed by atoms with Crippen molar-refractivity contribution in [2.45, 2.75) is 19.5 Å². The van der Waals surface area contributed by atoms with Gasteiger partial charge in [0.2, 0.25) is 11.1 Å². The topological polar surface area (TPSA) is 101 Å². The highest BCUT2D eigenvalue weighted by atomic mass is 19.4. The van der Waals surface area contributed by atoms with Crippen molar-refractivity contribution in [1.82, 2.24) is 24.8 Å². The molecule has 0 aliphatic carbocycles. The fraction of sp³-hybridized carbons (Fsp3) is 0.190. The maximum absolute atomic E-state index is 13.2. The van der Waals surface area contributed by atoms with E-state index in [4.69, 9.17) is 4.74 Å². The zero-order valence-electron chi connectivity index (χ0n) is 18.0. The van der Waals surface area contributed by atoms with E-state index in [1.54, 1.807) is 0 Å². The van der Waals surface area contributed by atoms with Gasteiger partial charge in [-0.05, 0) is 43.3 Å². The molecule has 2 heterocycles. The third-order valence-corrected chi connectivity index (χ3v) is 4.71. The minimum Gasteiger partial charge on any atom is -0.461 e. The van der Waals surface area contributed by atoms with Crippen molar-refractivity contribution in [3.63, 3.8) is 0 Å². The number of aromatic nitrogens is 5. The molecule has 0 aliphatic rings. The lowest BCUT2D eigenvalue weighted by Crippen LogP contribution is -2.25. The van der Waals surface area contributed by atoms with Crippen LogP contribution < -0.4 is 10.2 Å². The zero-order valence-corrected chi connectivity index (χ0v) is 18.0. The van der Waals surface area contributed by atoms with Crippen molar-refractivity contribution in [3.05, 3.63) is 70.3 Å². The van der Waals surface area contributed by atoms with Gasteiger partial charge in [-0.1, -0.05) is 11.3 Å². The minimum absolute atomic E-state index is 0.0131. The number of alkyl halides is 6. The molecule has 9 nitrogen and oxygen atoms in total. The average molecular weight is 513 g/mol. The van der Waals surface area contributed by atoms with Gasteiger partial charge < -0.3 is 9.47 Å². The van der Waals surface area contributed by atoms with Crippen molar-refractivity contribution in [1.29, 1.82) is 0 Å². The average Bonchev–Trinajstić information content (AvgIpc) is 3.30. The number of fused-ring (bicyclic) bond motifs is 1. The van der Waals surface area contributed by atoms with Crippen molar-refractivity contribution in [3.8, 4) is 17.1 Å². The summed E-state index contributed by atoms with van der Waals surface area (Å²) in [4.78, 5) is 25.7. The largest absolute Gasteiger partial charge is 0.573 e. The van der Waals surface area contributed by atoms with Gasteiger partial charge in [-0.15, -0.1) is 18.3 Å². The van der Waals surface area contributed by atoms with Gasteiger partial charge in [0.25, 0.3) is 0 Å². The third kappa shape index (κ3) is 4.85. The molecule has 0 spiro atoms. The Labute approximate surface area is 196 Å². The summed E-state index contributed by atoms with van der Waals surface area (Å²) in [5.41, 5.74) is -3.02. The molecule has 188 valence electrons. The first-order valence-electron chi connectivity index (χ1n) is 9.98. The van der Waals surface area contributed by atoms with E-state index in [0.29, 0.717) is 10.9 Å². The summed E-state index contributed by atoms with van der Waals surface area (Å²) in [7, 11) is 0. The molecule has 0 bridgehead atoms. The number of hydrogen-bond donors (Lipinski definition) is 0. The Hall–Kier alpha value is -4.43. The molecule has 36 heavy (non-hydrogen) atoms. The van der Waals surface area contributed by atoms with Gasteiger partial charge in [0, 0.05) is 0 Å². The lowest BCUT2D eigenvalue weighted by molar-refractivity contribution is -0.274. The Morgan fingerprint density at radius 1 is 1.03 bits per heavy atom. The van der Waals surface area contributed by atoms with E-state index in [2.05, 4.69) is 20.1 Å². The van der Waals surface area contributed by atoms with Crippen molar-refractivity contribution in [2.75, 3.05) is 6.61 Å². The standard InChI is InChI=1S/C21H13F6N5O4/c1-2-35-19(34)17-18(33)16-13(31-10-15(28-30-31)20(22,23)24)4-3-5-14(16)32(29-17)11-6-8-12(9-7-11)36-21(25,26)27/h3-10H,2H2,1H3. The van der Waals surface area contributed by atoms with E-state index in [1.807, 2.05) is 0 Å². The molecule has 4 rings (SSSR count). The summed E-state index contributed by atoms with van der Waals surface area (Å²) >= 11 is 0. The van der Waals surface area contributed by atoms with Crippen LogP contribution in [-0.2, 0) is 10.9 Å². The monoisotopic (exact) mass is 513 g/mol. The van der Waals surface area contributed by atoms with Crippen LogP contribution in [0.1, 0.15) is 23.1 Å². The highest BCUT2D eigenvalue weighted by molar-refractivity contribution is 5.95. The maximum atomic E-state index is 13.2. The van der Waals surface area contributed by atoms with E-state index >= 15 is 0 Å². The van der Waals surface area contributed by atoms with E-state index in [0.717, 1.165) is 16.8 Å². The highest BCUT2D eigenvalue weighted by Gasteiger charge is 2.35. The van der Waals surface area contributed by atoms with Crippen molar-refractivity contribution in [2.24, 2.45) is 0 Å². The Morgan fingerprint density at radius 3 is 2.31 bits per heavy atom. The lowest BCUT2D eigenvalue weighted by atomic mass is 10.1. The van der Waals surface area contributed by atoms with Crippen LogP contribution in [0.5, 0.6) is 5.75 Å². The molecule has 4 aromatic rings. The van der Waals surface area contributed by atoms with Gasteiger partial charge in [-0.3, -0.25) is 4.79 Å². The fourth-order valence-electron chi connectivity index (χ4n) is 3.28. The summed E-state index contributed by atoms with van der Waals surface area (Å²) in [5, 5.41) is 10.3. The summed E-state index contributed by atoms with van der Waals surface area (Å²) in [6.07, 6.45) is -9.17. The predicted molar refractivity (Wildman–Crippen MR) is 110 cm³/mol. The predicted octanol–water partition coefficient (Wildman–Crippen LogP) is 4.06. The van der Waals surface area contributed by atoms with Crippen LogP contribution in [0, 0.1) is 0 Å². The summed E-state index contributed by atoms with van der Waals surface area (Å²) in [6.45, 7) is 1.37. The summed E-state index contributed by atoms with van der Waals surface area (Å²) < 4.78 is 87.2. The maximum Gasteiger partial charge on any atom is 0.573 e. The Morgan fingerprint density at radius 2 is 1.72 bits per heavy atom. The number of carbonyl (C=O) groups excluding carboxylic acids is 1. The van der Waals surface area contributed by atoms with Crippen LogP contribution in [0.4, 0.5) is 26.3 Å². The first-order chi connectivity index (χ1) is 16.9. The summed E-state index contributed by atoms with van der Waals surface area (Å²) in [6, 6.07) is 8.36. The SMILES string of the molecule is CCOC(=O)c1nn(-c2ccc(OC(F)(F)F)cc2)c2cccc(-n3cc(C(F)(F)F)nn3)c2c1=O. The molecule has 2 aromatic carbocycles. The number of ether oxygens (including phenoxy) is 2. The number of carbonyl (C=O) groups is 1. The second kappa shape index (κ2) is 8.98. The number of esters is 1.